The van der Waals surface area contributed by atoms with Crippen LogP contribution in [0.15, 0.2) is 53.6 Å². The molecule has 0 bridgehead atoms. The molecule has 1 aliphatic carbocycles. The number of aromatic nitrogens is 4. The van der Waals surface area contributed by atoms with E-state index >= 15 is 0 Å². The predicted molar refractivity (Wildman–Crippen MR) is 141 cm³/mol. The molecule has 2 aromatic carbocycles. The van der Waals surface area contributed by atoms with Gasteiger partial charge in [-0.1, -0.05) is 12.1 Å². The molecule has 0 radical (unpaired) electrons. The normalized spacial score (nSPS) is 17.6. The third-order valence-corrected chi connectivity index (χ3v) is 7.40. The minimum atomic E-state index is -2.99. The molecule has 2 unspecified atom stereocenters. The van der Waals surface area contributed by atoms with Crippen molar-refractivity contribution in [3.05, 3.63) is 76.1 Å². The van der Waals surface area contributed by atoms with Crippen molar-refractivity contribution in [1.82, 2.24) is 19.3 Å². The molecule has 202 valence electrons. The van der Waals surface area contributed by atoms with E-state index in [1.54, 1.807) is 62.2 Å². The van der Waals surface area contributed by atoms with Gasteiger partial charge in [0.1, 0.15) is 11.4 Å². The van der Waals surface area contributed by atoms with Crippen molar-refractivity contribution >= 4 is 10.9 Å². The van der Waals surface area contributed by atoms with Gasteiger partial charge in [-0.3, -0.25) is 14.2 Å². The summed E-state index contributed by atoms with van der Waals surface area (Å²) in [5.74, 6) is 0.491. The highest BCUT2D eigenvalue weighted by atomic mass is 19.3. The lowest BCUT2D eigenvalue weighted by molar-refractivity contribution is -0.0505. The number of halogens is 2. The van der Waals surface area contributed by atoms with Crippen molar-refractivity contribution in [1.29, 1.82) is 5.26 Å². The second kappa shape index (κ2) is 10.2. The molecule has 1 saturated carbocycles. The number of aliphatic hydroxyl groups is 1. The van der Waals surface area contributed by atoms with Crippen LogP contribution in [0.5, 0.6) is 5.75 Å². The van der Waals surface area contributed by atoms with Crippen LogP contribution in [0.3, 0.4) is 0 Å². The van der Waals surface area contributed by atoms with Gasteiger partial charge in [-0.25, -0.2) is 9.97 Å². The Morgan fingerprint density at radius 2 is 1.90 bits per heavy atom. The van der Waals surface area contributed by atoms with E-state index in [4.69, 9.17) is 4.74 Å². The Balaban J connectivity index is 1.56. The first-order chi connectivity index (χ1) is 18.5. The Morgan fingerprint density at radius 1 is 1.15 bits per heavy atom. The maximum atomic E-state index is 13.3. The fraction of sp³-hybridized carbons (Fsp3) is 0.379. The van der Waals surface area contributed by atoms with Gasteiger partial charge in [0.15, 0.2) is 5.82 Å². The maximum absolute atomic E-state index is 13.3. The number of benzene rings is 2. The van der Waals surface area contributed by atoms with E-state index in [1.807, 2.05) is 12.1 Å². The first-order valence-electron chi connectivity index (χ1n) is 12.8. The molecular weight excluding hydrogens is 504 g/mol. The number of hydrogen-bond donors (Lipinski definition) is 1. The van der Waals surface area contributed by atoms with Gasteiger partial charge in [0.05, 0.1) is 23.5 Å². The summed E-state index contributed by atoms with van der Waals surface area (Å²) in [7, 11) is 1.63. The molecule has 2 aromatic heterocycles. The first kappa shape index (κ1) is 26.5. The van der Waals surface area contributed by atoms with Crippen LogP contribution in [0.1, 0.15) is 56.0 Å². The minimum Gasteiger partial charge on any atom is -0.434 e. The van der Waals surface area contributed by atoms with Crippen molar-refractivity contribution in [2.24, 2.45) is 13.0 Å². The van der Waals surface area contributed by atoms with Crippen molar-refractivity contribution in [2.75, 3.05) is 0 Å². The van der Waals surface area contributed by atoms with Crippen LogP contribution in [0.2, 0.25) is 0 Å². The largest absolute Gasteiger partial charge is 0.434 e. The summed E-state index contributed by atoms with van der Waals surface area (Å²) in [5, 5.41) is 19.9. The van der Waals surface area contributed by atoms with Crippen LogP contribution in [0.25, 0.3) is 22.0 Å². The number of ether oxygens (including phenoxy) is 1. The molecule has 4 aromatic rings. The van der Waals surface area contributed by atoms with E-state index in [9.17, 15) is 23.9 Å². The predicted octanol–water partition coefficient (Wildman–Crippen LogP) is 5.08. The zero-order valence-electron chi connectivity index (χ0n) is 21.9. The van der Waals surface area contributed by atoms with E-state index in [2.05, 4.69) is 16.0 Å². The van der Waals surface area contributed by atoms with Crippen LogP contribution in [0.4, 0.5) is 8.78 Å². The summed E-state index contributed by atoms with van der Waals surface area (Å²) >= 11 is 0. The van der Waals surface area contributed by atoms with E-state index < -0.39 is 12.2 Å². The molecule has 0 aliphatic heterocycles. The van der Waals surface area contributed by atoms with Crippen LogP contribution in [-0.4, -0.2) is 31.0 Å². The highest BCUT2D eigenvalue weighted by molar-refractivity contribution is 5.84. The second-order valence-electron chi connectivity index (χ2n) is 10.6. The molecular formula is C29H29F2N5O3. The smallest absolute Gasteiger partial charge is 0.387 e. The topological polar surface area (TPSA) is 106 Å². The highest BCUT2D eigenvalue weighted by Gasteiger charge is 2.27. The Kier molecular flexibility index (Phi) is 6.95. The lowest BCUT2D eigenvalue weighted by atomic mass is 9.94. The van der Waals surface area contributed by atoms with E-state index in [-0.39, 0.29) is 29.7 Å². The third-order valence-electron chi connectivity index (χ3n) is 7.40. The van der Waals surface area contributed by atoms with Crippen molar-refractivity contribution < 1.29 is 18.6 Å². The summed E-state index contributed by atoms with van der Waals surface area (Å²) in [6, 6.07) is 12.9. The number of hydrogen-bond acceptors (Lipinski definition) is 6. The van der Waals surface area contributed by atoms with Gasteiger partial charge in [-0.2, -0.15) is 14.0 Å². The number of fused-ring (bicyclic) bond motifs is 1. The standard InChI is InChI=1S/C29H29F2N5O3/c1-29(2,38)27-33-14-22(15-34-27)20-6-8-23-24(12-20)36(35(3)26(23)37)16-21-11-19(7-9-25(21)39-28(30)31)18-5-4-17(10-18)13-32/h6-9,11-12,14-15,17-18,28,38H,4-5,10,16H2,1-3H3. The number of rotatable bonds is 7. The van der Waals surface area contributed by atoms with Gasteiger partial charge in [0, 0.05) is 36.5 Å². The summed E-state index contributed by atoms with van der Waals surface area (Å²) in [6.45, 7) is 0.336. The van der Waals surface area contributed by atoms with Crippen molar-refractivity contribution in [2.45, 2.75) is 57.8 Å². The first-order valence-corrected chi connectivity index (χ1v) is 12.8. The van der Waals surface area contributed by atoms with Gasteiger partial charge in [-0.15, -0.1) is 0 Å². The van der Waals surface area contributed by atoms with E-state index in [0.29, 0.717) is 27.9 Å². The molecule has 39 heavy (non-hydrogen) atoms. The van der Waals surface area contributed by atoms with Crippen LogP contribution < -0.4 is 10.3 Å². The maximum Gasteiger partial charge on any atom is 0.387 e. The lowest BCUT2D eigenvalue weighted by Gasteiger charge is -2.18. The quantitative estimate of drug-likeness (QED) is 0.355. The average Bonchev–Trinajstić information content (AvgIpc) is 3.48. The molecule has 2 atom stereocenters. The molecule has 10 heteroatoms. The fourth-order valence-corrected chi connectivity index (χ4v) is 5.29. The average molecular weight is 534 g/mol. The molecule has 1 N–H and O–H groups in total. The van der Waals surface area contributed by atoms with Gasteiger partial charge < -0.3 is 9.84 Å². The SMILES string of the molecule is Cn1c(=O)c2ccc(-c3cnc(C(C)(C)O)nc3)cc2n1Cc1cc(C2CCC(C#N)C2)ccc1OC(F)F. The van der Waals surface area contributed by atoms with Crippen LogP contribution in [-0.2, 0) is 19.2 Å². The van der Waals surface area contributed by atoms with Gasteiger partial charge in [0.25, 0.3) is 5.56 Å². The van der Waals surface area contributed by atoms with Crippen molar-refractivity contribution in [3.63, 3.8) is 0 Å². The summed E-state index contributed by atoms with van der Waals surface area (Å²) in [4.78, 5) is 21.6. The van der Waals surface area contributed by atoms with Gasteiger partial charge in [-0.05, 0) is 74.4 Å². The molecule has 1 fully saturated rings. The Hall–Kier alpha value is -4.10. The number of alkyl halides is 2. The molecule has 2 heterocycles. The summed E-state index contributed by atoms with van der Waals surface area (Å²) in [6.07, 6.45) is 5.62. The van der Waals surface area contributed by atoms with Crippen LogP contribution in [0, 0.1) is 17.2 Å². The summed E-state index contributed by atoms with van der Waals surface area (Å²) < 4.78 is 34.6. The molecule has 0 saturated heterocycles. The monoisotopic (exact) mass is 533 g/mol. The Morgan fingerprint density at radius 3 is 2.54 bits per heavy atom. The highest BCUT2D eigenvalue weighted by Crippen LogP contribution is 2.39. The third kappa shape index (κ3) is 5.27. The second-order valence-corrected chi connectivity index (χ2v) is 10.6. The molecule has 1 aliphatic rings. The van der Waals surface area contributed by atoms with Gasteiger partial charge in [0.2, 0.25) is 0 Å². The fourth-order valence-electron chi connectivity index (χ4n) is 5.29. The van der Waals surface area contributed by atoms with E-state index in [1.165, 1.54) is 4.68 Å². The molecule has 8 nitrogen and oxygen atoms in total. The zero-order chi connectivity index (χ0) is 27.9. The Bertz CT molecular complexity index is 1610. The molecule has 0 amide bonds. The number of nitriles is 1. The van der Waals surface area contributed by atoms with Crippen molar-refractivity contribution in [3.8, 4) is 22.9 Å². The van der Waals surface area contributed by atoms with E-state index in [0.717, 1.165) is 30.4 Å². The molecule has 5 rings (SSSR count). The minimum absolute atomic E-state index is 0.00966. The molecule has 0 spiro atoms. The van der Waals surface area contributed by atoms with Gasteiger partial charge >= 0.3 is 6.61 Å². The number of nitrogens with zero attached hydrogens (tertiary/aromatic N) is 5. The summed E-state index contributed by atoms with van der Waals surface area (Å²) in [5.41, 5.74) is 2.17. The van der Waals surface area contributed by atoms with Crippen LogP contribution >= 0.6 is 0 Å². The zero-order valence-corrected chi connectivity index (χ0v) is 21.9. The Labute approximate surface area is 224 Å². The lowest BCUT2D eigenvalue weighted by Crippen LogP contribution is -2.20.